The molecule has 0 aliphatic heterocycles. The van der Waals surface area contributed by atoms with E-state index in [1.54, 1.807) is 0 Å². The molecule has 1 aromatic heterocycles. The Hall–Kier alpha value is -3.32. The van der Waals surface area contributed by atoms with Crippen molar-refractivity contribution in [3.63, 3.8) is 0 Å². The Morgan fingerprint density at radius 1 is 0.576 bits per heavy atom. The SMILES string of the molecule is CC(C)(C)c1ccc(C=Cc2cc(-c3ccc(C(C)(C)C)cc3)n(-c3ccccc3)c2)cc1. The van der Waals surface area contributed by atoms with E-state index in [1.165, 1.54) is 39.2 Å². The van der Waals surface area contributed by atoms with Crippen LogP contribution in [-0.4, -0.2) is 4.57 Å². The summed E-state index contributed by atoms with van der Waals surface area (Å²) in [5.74, 6) is 0. The second kappa shape index (κ2) is 8.90. The van der Waals surface area contributed by atoms with Gasteiger partial charge in [0.2, 0.25) is 0 Å². The molecule has 0 unspecified atom stereocenters. The van der Waals surface area contributed by atoms with Crippen molar-refractivity contribution >= 4 is 12.2 Å². The van der Waals surface area contributed by atoms with Gasteiger partial charge in [-0.1, -0.05) is 120 Å². The molecule has 0 saturated heterocycles. The van der Waals surface area contributed by atoms with E-state index >= 15 is 0 Å². The Kier molecular flexibility index (Phi) is 6.17. The Morgan fingerprint density at radius 3 is 1.64 bits per heavy atom. The van der Waals surface area contributed by atoms with Crippen LogP contribution in [-0.2, 0) is 10.8 Å². The van der Waals surface area contributed by atoms with Gasteiger partial charge in [0.15, 0.2) is 0 Å². The van der Waals surface area contributed by atoms with Crippen molar-refractivity contribution in [1.29, 1.82) is 0 Å². The molecule has 0 radical (unpaired) electrons. The topological polar surface area (TPSA) is 4.93 Å². The van der Waals surface area contributed by atoms with Gasteiger partial charge < -0.3 is 4.57 Å². The minimum atomic E-state index is 0.149. The van der Waals surface area contributed by atoms with E-state index < -0.39 is 0 Å². The molecular formula is C32H35N. The summed E-state index contributed by atoms with van der Waals surface area (Å²) >= 11 is 0. The monoisotopic (exact) mass is 433 g/mol. The van der Waals surface area contributed by atoms with Gasteiger partial charge >= 0.3 is 0 Å². The molecule has 33 heavy (non-hydrogen) atoms. The van der Waals surface area contributed by atoms with Crippen molar-refractivity contribution in [2.45, 2.75) is 52.4 Å². The van der Waals surface area contributed by atoms with E-state index in [0.717, 1.165) is 0 Å². The highest BCUT2D eigenvalue weighted by Gasteiger charge is 2.15. The van der Waals surface area contributed by atoms with E-state index in [4.69, 9.17) is 0 Å². The smallest absolute Gasteiger partial charge is 0.0534 e. The fourth-order valence-electron chi connectivity index (χ4n) is 4.03. The van der Waals surface area contributed by atoms with Crippen LogP contribution >= 0.6 is 0 Å². The molecule has 0 spiro atoms. The van der Waals surface area contributed by atoms with Crippen molar-refractivity contribution in [1.82, 2.24) is 4.57 Å². The highest BCUT2D eigenvalue weighted by molar-refractivity contribution is 5.74. The van der Waals surface area contributed by atoms with Crippen LogP contribution in [0.3, 0.4) is 0 Å². The molecule has 3 aromatic carbocycles. The molecule has 4 rings (SSSR count). The van der Waals surface area contributed by atoms with Gasteiger partial charge in [0.25, 0.3) is 0 Å². The van der Waals surface area contributed by atoms with Gasteiger partial charge in [-0.05, 0) is 56.8 Å². The summed E-state index contributed by atoms with van der Waals surface area (Å²) < 4.78 is 2.29. The average Bonchev–Trinajstić information content (AvgIpc) is 3.22. The summed E-state index contributed by atoms with van der Waals surface area (Å²) in [7, 11) is 0. The maximum Gasteiger partial charge on any atom is 0.0534 e. The Balaban J connectivity index is 1.69. The van der Waals surface area contributed by atoms with E-state index in [0.29, 0.717) is 0 Å². The molecule has 0 atom stereocenters. The van der Waals surface area contributed by atoms with Crippen molar-refractivity contribution in [3.05, 3.63) is 113 Å². The van der Waals surface area contributed by atoms with E-state index in [9.17, 15) is 0 Å². The lowest BCUT2D eigenvalue weighted by Gasteiger charge is -2.19. The molecule has 1 heteroatoms. The van der Waals surface area contributed by atoms with Crippen LogP contribution in [0, 0.1) is 0 Å². The first-order valence-electron chi connectivity index (χ1n) is 11.8. The average molecular weight is 434 g/mol. The molecule has 0 N–H and O–H groups in total. The number of hydrogen-bond donors (Lipinski definition) is 0. The predicted molar refractivity (Wildman–Crippen MR) is 144 cm³/mol. The second-order valence-corrected chi connectivity index (χ2v) is 10.9. The first-order chi connectivity index (χ1) is 15.6. The van der Waals surface area contributed by atoms with Crippen LogP contribution in [0.25, 0.3) is 29.1 Å². The van der Waals surface area contributed by atoms with Crippen LogP contribution in [0.1, 0.15) is 63.8 Å². The van der Waals surface area contributed by atoms with Crippen molar-refractivity contribution in [2.24, 2.45) is 0 Å². The zero-order chi connectivity index (χ0) is 23.6. The summed E-state index contributed by atoms with van der Waals surface area (Å²) in [6.07, 6.45) is 6.63. The van der Waals surface area contributed by atoms with E-state index in [2.05, 4.69) is 149 Å². The van der Waals surface area contributed by atoms with Crippen LogP contribution in [0.15, 0.2) is 91.1 Å². The van der Waals surface area contributed by atoms with E-state index in [-0.39, 0.29) is 10.8 Å². The first-order valence-corrected chi connectivity index (χ1v) is 11.8. The Bertz CT molecular complexity index is 1220. The number of para-hydroxylation sites is 1. The molecular weight excluding hydrogens is 398 g/mol. The minimum Gasteiger partial charge on any atom is -0.316 e. The molecule has 0 bridgehead atoms. The quantitative estimate of drug-likeness (QED) is 0.303. The van der Waals surface area contributed by atoms with Gasteiger partial charge in [0.1, 0.15) is 0 Å². The maximum atomic E-state index is 2.29. The van der Waals surface area contributed by atoms with Gasteiger partial charge in [-0.3, -0.25) is 0 Å². The van der Waals surface area contributed by atoms with Gasteiger partial charge in [-0.2, -0.15) is 0 Å². The summed E-state index contributed by atoms with van der Waals surface area (Å²) in [6.45, 7) is 13.5. The molecule has 0 aliphatic rings. The molecule has 0 saturated carbocycles. The lowest BCUT2D eigenvalue weighted by Crippen LogP contribution is -2.10. The van der Waals surface area contributed by atoms with Crippen LogP contribution in [0.4, 0.5) is 0 Å². The van der Waals surface area contributed by atoms with Crippen LogP contribution < -0.4 is 0 Å². The van der Waals surface area contributed by atoms with Crippen LogP contribution in [0.2, 0.25) is 0 Å². The fourth-order valence-corrected chi connectivity index (χ4v) is 4.03. The van der Waals surface area contributed by atoms with Crippen molar-refractivity contribution < 1.29 is 0 Å². The number of benzene rings is 3. The summed E-state index contributed by atoms with van der Waals surface area (Å²) in [5, 5.41) is 0. The standard InChI is InChI=1S/C32H35N/c1-31(2,3)27-18-14-24(15-19-27)12-13-25-22-30(33(23-25)29-10-8-7-9-11-29)26-16-20-28(21-17-26)32(4,5)6/h7-23H,1-6H3. The van der Waals surface area contributed by atoms with Gasteiger partial charge in [-0.15, -0.1) is 0 Å². The number of hydrogen-bond acceptors (Lipinski definition) is 0. The third kappa shape index (κ3) is 5.37. The van der Waals surface area contributed by atoms with Gasteiger partial charge in [-0.25, -0.2) is 0 Å². The molecule has 4 aromatic rings. The van der Waals surface area contributed by atoms with E-state index in [1.807, 2.05) is 0 Å². The van der Waals surface area contributed by atoms with Crippen molar-refractivity contribution in [3.8, 4) is 16.9 Å². The molecule has 0 fully saturated rings. The third-order valence-corrected chi connectivity index (χ3v) is 6.17. The zero-order valence-corrected chi connectivity index (χ0v) is 20.8. The molecule has 168 valence electrons. The second-order valence-electron chi connectivity index (χ2n) is 10.9. The highest BCUT2D eigenvalue weighted by Crippen LogP contribution is 2.30. The lowest BCUT2D eigenvalue weighted by atomic mass is 9.86. The molecule has 1 nitrogen and oxygen atoms in total. The predicted octanol–water partition coefficient (Wildman–Crippen LogP) is 8.91. The third-order valence-electron chi connectivity index (χ3n) is 6.17. The summed E-state index contributed by atoms with van der Waals surface area (Å²) in [5.41, 5.74) is 9.02. The fraction of sp³-hybridized carbons (Fsp3) is 0.250. The van der Waals surface area contributed by atoms with Crippen molar-refractivity contribution in [2.75, 3.05) is 0 Å². The molecule has 1 heterocycles. The number of nitrogens with zero attached hydrogens (tertiary/aromatic N) is 1. The maximum absolute atomic E-state index is 2.29. The number of rotatable bonds is 4. The summed E-state index contributed by atoms with van der Waals surface area (Å²) in [6, 6.07) is 30.7. The van der Waals surface area contributed by atoms with Gasteiger partial charge in [0.05, 0.1) is 5.69 Å². The lowest BCUT2D eigenvalue weighted by molar-refractivity contribution is 0.590. The molecule has 0 amide bonds. The first kappa shape index (κ1) is 22.9. The normalized spacial score (nSPS) is 12.4. The highest BCUT2D eigenvalue weighted by atomic mass is 15.0. The number of aromatic nitrogens is 1. The Morgan fingerprint density at radius 2 is 1.09 bits per heavy atom. The molecule has 0 aliphatic carbocycles. The zero-order valence-electron chi connectivity index (χ0n) is 20.8. The van der Waals surface area contributed by atoms with Crippen LogP contribution in [0.5, 0.6) is 0 Å². The minimum absolute atomic E-state index is 0.149. The summed E-state index contributed by atoms with van der Waals surface area (Å²) in [4.78, 5) is 0. The largest absolute Gasteiger partial charge is 0.316 e. The van der Waals surface area contributed by atoms with Gasteiger partial charge in [0, 0.05) is 11.9 Å². The Labute approximate surface area is 199 Å².